The summed E-state index contributed by atoms with van der Waals surface area (Å²) in [6, 6.07) is 5.66. The van der Waals surface area contributed by atoms with E-state index in [0.29, 0.717) is 11.6 Å². The smallest absolute Gasteiger partial charge is 0.144 e. The molecule has 4 heteroatoms. The van der Waals surface area contributed by atoms with Crippen LogP contribution in [0, 0.1) is 0 Å². The molecular formula is C10H11ClN2O. The zero-order chi connectivity index (χ0) is 9.97. The van der Waals surface area contributed by atoms with E-state index in [9.17, 15) is 0 Å². The van der Waals surface area contributed by atoms with Crippen LogP contribution in [0.15, 0.2) is 22.7 Å². The first kappa shape index (κ1) is 9.49. The topological polar surface area (TPSA) is 52.0 Å². The first-order valence-electron chi connectivity index (χ1n) is 4.56. The third kappa shape index (κ3) is 1.61. The number of nitrogens with zero attached hydrogens (tertiary/aromatic N) is 1. The number of fused-ring (bicyclic) bond motifs is 1. The molecule has 0 bridgehead atoms. The van der Waals surface area contributed by atoms with E-state index >= 15 is 0 Å². The Bertz CT molecular complexity index is 439. The highest BCUT2D eigenvalue weighted by atomic mass is 35.5. The number of halogens is 1. The van der Waals surface area contributed by atoms with Crippen LogP contribution in [0.25, 0.3) is 10.9 Å². The highest BCUT2D eigenvalue weighted by molar-refractivity contribution is 6.35. The molecule has 1 heterocycles. The van der Waals surface area contributed by atoms with Gasteiger partial charge in [0.2, 0.25) is 0 Å². The fourth-order valence-electron chi connectivity index (χ4n) is 1.43. The Morgan fingerprint density at radius 2 is 2.29 bits per heavy atom. The Balaban J connectivity index is 2.42. The van der Waals surface area contributed by atoms with Crippen LogP contribution < -0.4 is 5.73 Å². The van der Waals surface area contributed by atoms with Crippen molar-refractivity contribution in [3.63, 3.8) is 0 Å². The molecule has 0 saturated carbocycles. The molecule has 0 atom stereocenters. The van der Waals surface area contributed by atoms with Gasteiger partial charge < -0.3 is 10.3 Å². The zero-order valence-electron chi connectivity index (χ0n) is 7.66. The molecule has 0 aliphatic rings. The van der Waals surface area contributed by atoms with E-state index in [-0.39, 0.29) is 0 Å². The molecular weight excluding hydrogens is 200 g/mol. The predicted molar refractivity (Wildman–Crippen MR) is 56.4 cm³/mol. The first-order chi connectivity index (χ1) is 6.83. The maximum Gasteiger partial charge on any atom is 0.144 e. The van der Waals surface area contributed by atoms with E-state index in [1.54, 1.807) is 6.07 Å². The molecule has 1 aromatic heterocycles. The minimum Gasteiger partial charge on any atom is -0.360 e. The fraction of sp³-hybridized carbons (Fsp3) is 0.300. The molecule has 2 N–H and O–H groups in total. The molecule has 0 aliphatic carbocycles. The molecule has 74 valence electrons. The molecule has 2 rings (SSSR count). The van der Waals surface area contributed by atoms with Gasteiger partial charge in [0.15, 0.2) is 0 Å². The van der Waals surface area contributed by atoms with Gasteiger partial charge in [-0.1, -0.05) is 22.8 Å². The maximum atomic E-state index is 5.96. The maximum absolute atomic E-state index is 5.96. The summed E-state index contributed by atoms with van der Waals surface area (Å²) in [4.78, 5) is 0. The van der Waals surface area contributed by atoms with Crippen LogP contribution in [0.3, 0.4) is 0 Å². The Kier molecular flexibility index (Phi) is 2.70. The lowest BCUT2D eigenvalue weighted by atomic mass is 10.1. The van der Waals surface area contributed by atoms with Crippen molar-refractivity contribution in [1.82, 2.24) is 5.16 Å². The quantitative estimate of drug-likeness (QED) is 0.846. The minimum atomic E-state index is 0.630. The van der Waals surface area contributed by atoms with Crippen LogP contribution in [0.2, 0.25) is 5.02 Å². The van der Waals surface area contributed by atoms with Gasteiger partial charge in [-0.25, -0.2) is 0 Å². The Morgan fingerprint density at radius 1 is 1.43 bits per heavy atom. The van der Waals surface area contributed by atoms with Crippen LogP contribution >= 0.6 is 11.6 Å². The summed E-state index contributed by atoms with van der Waals surface area (Å²) in [5, 5.41) is 5.54. The van der Waals surface area contributed by atoms with Gasteiger partial charge in [-0.05, 0) is 25.1 Å². The molecule has 0 saturated heterocycles. The second kappa shape index (κ2) is 3.98. The van der Waals surface area contributed by atoms with Crippen LogP contribution in [-0.4, -0.2) is 11.7 Å². The van der Waals surface area contributed by atoms with Gasteiger partial charge in [0.25, 0.3) is 0 Å². The summed E-state index contributed by atoms with van der Waals surface area (Å²) < 4.78 is 5.21. The molecule has 0 fully saturated rings. The monoisotopic (exact) mass is 210 g/mol. The molecule has 0 spiro atoms. The van der Waals surface area contributed by atoms with Crippen molar-refractivity contribution in [2.75, 3.05) is 6.54 Å². The van der Waals surface area contributed by atoms with E-state index in [4.69, 9.17) is 21.9 Å². The summed E-state index contributed by atoms with van der Waals surface area (Å²) in [5.41, 5.74) is 6.17. The Hall–Kier alpha value is -1.06. The van der Waals surface area contributed by atoms with Crippen molar-refractivity contribution in [2.24, 2.45) is 5.73 Å². The molecule has 0 radical (unpaired) electrons. The van der Waals surface area contributed by atoms with Gasteiger partial charge in [0, 0.05) is 11.8 Å². The number of rotatable bonds is 3. The lowest BCUT2D eigenvalue weighted by Gasteiger charge is -1.93. The predicted octanol–water partition coefficient (Wildman–Crippen LogP) is 2.37. The van der Waals surface area contributed by atoms with Crippen LogP contribution in [0.5, 0.6) is 0 Å². The molecule has 14 heavy (non-hydrogen) atoms. The summed E-state index contributed by atoms with van der Waals surface area (Å²) in [6.45, 7) is 0.656. The lowest BCUT2D eigenvalue weighted by molar-refractivity contribution is 0.389. The summed E-state index contributed by atoms with van der Waals surface area (Å²) >= 11 is 5.96. The van der Waals surface area contributed by atoms with Crippen LogP contribution in [0.1, 0.15) is 12.2 Å². The number of benzene rings is 1. The minimum absolute atomic E-state index is 0.630. The number of hydrogen-bond donors (Lipinski definition) is 1. The number of aromatic nitrogens is 1. The average molecular weight is 211 g/mol. The number of aryl methyl sites for hydroxylation is 1. The van der Waals surface area contributed by atoms with E-state index < -0.39 is 0 Å². The lowest BCUT2D eigenvalue weighted by Crippen LogP contribution is -1.99. The van der Waals surface area contributed by atoms with E-state index in [1.807, 2.05) is 12.1 Å². The fourth-order valence-corrected chi connectivity index (χ4v) is 1.64. The number of nitrogens with two attached hydrogens (primary N) is 1. The first-order valence-corrected chi connectivity index (χ1v) is 4.93. The molecule has 2 aromatic rings. The Morgan fingerprint density at radius 3 is 3.07 bits per heavy atom. The van der Waals surface area contributed by atoms with Gasteiger partial charge in [0.1, 0.15) is 11.3 Å². The Labute approximate surface area is 86.8 Å². The van der Waals surface area contributed by atoms with E-state index in [1.165, 1.54) is 0 Å². The molecule has 1 aromatic carbocycles. The number of hydrogen-bond acceptors (Lipinski definition) is 3. The standard InChI is InChI=1S/C10H11ClN2O/c11-8-4-1-3-7-9(5-2-6-12)14-13-10(7)8/h1,3-4H,2,5-6,12H2. The van der Waals surface area contributed by atoms with Gasteiger partial charge in [0.05, 0.1) is 5.02 Å². The average Bonchev–Trinajstić information content (AvgIpc) is 2.60. The molecule has 0 amide bonds. The highest BCUT2D eigenvalue weighted by Crippen LogP contribution is 2.25. The van der Waals surface area contributed by atoms with Crippen molar-refractivity contribution >= 4 is 22.5 Å². The van der Waals surface area contributed by atoms with Gasteiger partial charge in [-0.3, -0.25) is 0 Å². The third-order valence-electron chi connectivity index (χ3n) is 2.14. The third-order valence-corrected chi connectivity index (χ3v) is 2.45. The van der Waals surface area contributed by atoms with Gasteiger partial charge in [-0.2, -0.15) is 0 Å². The second-order valence-corrected chi connectivity index (χ2v) is 3.54. The van der Waals surface area contributed by atoms with Crippen molar-refractivity contribution < 1.29 is 4.52 Å². The SMILES string of the molecule is NCCCc1onc2c(Cl)cccc12. The highest BCUT2D eigenvalue weighted by Gasteiger charge is 2.09. The van der Waals surface area contributed by atoms with Crippen molar-refractivity contribution in [1.29, 1.82) is 0 Å². The molecule has 0 aliphatic heterocycles. The normalized spacial score (nSPS) is 11.0. The van der Waals surface area contributed by atoms with Crippen LogP contribution in [0.4, 0.5) is 0 Å². The summed E-state index contributed by atoms with van der Waals surface area (Å²) in [6.07, 6.45) is 1.71. The summed E-state index contributed by atoms with van der Waals surface area (Å²) in [7, 11) is 0. The van der Waals surface area contributed by atoms with Crippen molar-refractivity contribution in [3.05, 3.63) is 29.0 Å². The van der Waals surface area contributed by atoms with Gasteiger partial charge in [-0.15, -0.1) is 0 Å². The largest absolute Gasteiger partial charge is 0.360 e. The van der Waals surface area contributed by atoms with Crippen molar-refractivity contribution in [2.45, 2.75) is 12.8 Å². The van der Waals surface area contributed by atoms with Crippen LogP contribution in [-0.2, 0) is 6.42 Å². The van der Waals surface area contributed by atoms with Crippen molar-refractivity contribution in [3.8, 4) is 0 Å². The van der Waals surface area contributed by atoms with E-state index in [0.717, 1.165) is 29.5 Å². The second-order valence-electron chi connectivity index (χ2n) is 3.13. The van der Waals surface area contributed by atoms with E-state index in [2.05, 4.69) is 5.16 Å². The molecule has 0 unspecified atom stereocenters. The van der Waals surface area contributed by atoms with Gasteiger partial charge >= 0.3 is 0 Å². The molecule has 3 nitrogen and oxygen atoms in total. The zero-order valence-corrected chi connectivity index (χ0v) is 8.42. The summed E-state index contributed by atoms with van der Waals surface area (Å²) in [5.74, 6) is 0.868.